The van der Waals surface area contributed by atoms with Crippen LogP contribution in [0.25, 0.3) is 0 Å². The summed E-state index contributed by atoms with van der Waals surface area (Å²) in [4.78, 5) is 14.8. The highest BCUT2D eigenvalue weighted by Gasteiger charge is 2.42. The molecule has 0 saturated carbocycles. The molecule has 20 heavy (non-hydrogen) atoms. The van der Waals surface area contributed by atoms with Gasteiger partial charge >= 0.3 is 0 Å². The maximum atomic E-state index is 13.0. The molecule has 0 heterocycles. The maximum absolute atomic E-state index is 13.0. The molecule has 5 heteroatoms. The second-order valence-electron chi connectivity index (χ2n) is 6.27. The normalized spacial score (nSPS) is 13.1. The smallest absolute Gasteiger partial charge is 0.236 e. The van der Waals surface area contributed by atoms with Crippen molar-refractivity contribution in [3.05, 3.63) is 0 Å². The largest absolute Gasteiger partial charge is 0.409 e. The monoisotopic (exact) mass is 285 g/mol. The topological polar surface area (TPSA) is 78.9 Å². The van der Waals surface area contributed by atoms with E-state index in [0.29, 0.717) is 37.8 Å². The molecule has 3 N–H and O–H groups in total. The van der Waals surface area contributed by atoms with Crippen molar-refractivity contribution >= 4 is 11.7 Å². The fourth-order valence-electron chi connectivity index (χ4n) is 2.54. The Kier molecular flexibility index (Phi) is 7.61. The fourth-order valence-corrected chi connectivity index (χ4v) is 2.54. The van der Waals surface area contributed by atoms with E-state index in [1.165, 1.54) is 0 Å². The van der Waals surface area contributed by atoms with Crippen molar-refractivity contribution in [1.29, 1.82) is 0 Å². The number of nitrogens with zero attached hydrogens (tertiary/aromatic N) is 2. The van der Waals surface area contributed by atoms with E-state index < -0.39 is 5.41 Å². The van der Waals surface area contributed by atoms with Gasteiger partial charge in [0.15, 0.2) is 5.84 Å². The lowest BCUT2D eigenvalue weighted by Crippen LogP contribution is -2.52. The van der Waals surface area contributed by atoms with Crippen molar-refractivity contribution in [3.63, 3.8) is 0 Å². The highest BCUT2D eigenvalue weighted by atomic mass is 16.4. The molecule has 5 nitrogen and oxygen atoms in total. The van der Waals surface area contributed by atoms with Crippen molar-refractivity contribution < 1.29 is 10.0 Å². The minimum Gasteiger partial charge on any atom is -0.409 e. The van der Waals surface area contributed by atoms with Crippen LogP contribution in [0.1, 0.15) is 54.4 Å². The van der Waals surface area contributed by atoms with Crippen LogP contribution < -0.4 is 5.73 Å². The molecule has 118 valence electrons. The van der Waals surface area contributed by atoms with Gasteiger partial charge in [0.25, 0.3) is 0 Å². The van der Waals surface area contributed by atoms with E-state index >= 15 is 0 Å². The molecular weight excluding hydrogens is 254 g/mol. The Hall–Kier alpha value is -1.26. The highest BCUT2D eigenvalue weighted by Crippen LogP contribution is 2.30. The van der Waals surface area contributed by atoms with E-state index in [1.54, 1.807) is 0 Å². The summed E-state index contributed by atoms with van der Waals surface area (Å²) in [6, 6.07) is 0. The van der Waals surface area contributed by atoms with Gasteiger partial charge in [-0.05, 0) is 24.7 Å². The van der Waals surface area contributed by atoms with Gasteiger partial charge < -0.3 is 15.8 Å². The summed E-state index contributed by atoms with van der Waals surface area (Å²) in [7, 11) is 0. The molecule has 0 aromatic carbocycles. The Morgan fingerprint density at radius 2 is 1.55 bits per heavy atom. The zero-order chi connectivity index (χ0) is 15.9. The molecule has 0 atom stereocenters. The van der Waals surface area contributed by atoms with Gasteiger partial charge in [-0.3, -0.25) is 4.79 Å². The molecule has 0 aliphatic rings. The van der Waals surface area contributed by atoms with Crippen molar-refractivity contribution in [1.82, 2.24) is 4.90 Å². The lowest BCUT2D eigenvalue weighted by molar-refractivity contribution is -0.140. The third-order valence-corrected chi connectivity index (χ3v) is 3.67. The molecule has 0 bridgehead atoms. The van der Waals surface area contributed by atoms with Crippen LogP contribution in [0.4, 0.5) is 0 Å². The van der Waals surface area contributed by atoms with E-state index in [4.69, 9.17) is 10.9 Å². The molecule has 0 aliphatic carbocycles. The lowest BCUT2D eigenvalue weighted by atomic mass is 9.79. The van der Waals surface area contributed by atoms with Gasteiger partial charge in [-0.25, -0.2) is 0 Å². The van der Waals surface area contributed by atoms with Gasteiger partial charge in [0.2, 0.25) is 5.91 Å². The summed E-state index contributed by atoms with van der Waals surface area (Å²) in [5.41, 5.74) is 4.94. The van der Waals surface area contributed by atoms with Crippen LogP contribution in [0.15, 0.2) is 5.16 Å². The minimum absolute atomic E-state index is 0.0185. The third kappa shape index (κ3) is 4.39. The Balaban J connectivity index is 5.46. The first-order chi connectivity index (χ1) is 9.24. The number of carbonyl (C=O) groups is 1. The summed E-state index contributed by atoms with van der Waals surface area (Å²) >= 11 is 0. The van der Waals surface area contributed by atoms with Crippen LogP contribution >= 0.6 is 0 Å². The van der Waals surface area contributed by atoms with Crippen molar-refractivity contribution in [2.45, 2.75) is 54.4 Å². The van der Waals surface area contributed by atoms with Crippen LogP contribution in [0, 0.1) is 17.3 Å². The first-order valence-electron chi connectivity index (χ1n) is 7.52. The molecule has 0 aromatic rings. The zero-order valence-corrected chi connectivity index (χ0v) is 13.8. The van der Waals surface area contributed by atoms with Gasteiger partial charge in [-0.1, -0.05) is 46.7 Å². The van der Waals surface area contributed by atoms with Gasteiger partial charge in [-0.15, -0.1) is 0 Å². The van der Waals surface area contributed by atoms with Crippen LogP contribution in [-0.2, 0) is 4.79 Å². The molecule has 0 aromatic heterocycles. The maximum Gasteiger partial charge on any atom is 0.236 e. The standard InChI is InChI=1S/C15H31N3O2/c1-7-15(8-2,13(16)17-20)14(19)18(9-11(3)4)10-12(5)6/h11-12,20H,7-10H2,1-6H3,(H2,16,17). The van der Waals surface area contributed by atoms with E-state index in [2.05, 4.69) is 32.9 Å². The summed E-state index contributed by atoms with van der Waals surface area (Å²) in [5, 5.41) is 12.1. The van der Waals surface area contributed by atoms with E-state index in [9.17, 15) is 4.79 Å². The highest BCUT2D eigenvalue weighted by molar-refractivity contribution is 6.06. The number of amides is 1. The first kappa shape index (κ1) is 18.7. The SMILES string of the molecule is CCC(CC)(C(=O)N(CC(C)C)CC(C)C)C(N)=NO. The molecule has 0 aliphatic heterocycles. The number of nitrogens with two attached hydrogens (primary N) is 1. The summed E-state index contributed by atoms with van der Waals surface area (Å²) < 4.78 is 0. The second-order valence-corrected chi connectivity index (χ2v) is 6.27. The van der Waals surface area contributed by atoms with Crippen molar-refractivity contribution in [2.24, 2.45) is 28.1 Å². The third-order valence-electron chi connectivity index (χ3n) is 3.67. The van der Waals surface area contributed by atoms with E-state index in [0.717, 1.165) is 0 Å². The zero-order valence-electron chi connectivity index (χ0n) is 13.8. The minimum atomic E-state index is -0.890. The van der Waals surface area contributed by atoms with Crippen LogP contribution in [0.3, 0.4) is 0 Å². The predicted molar refractivity (Wildman–Crippen MR) is 82.7 cm³/mol. The summed E-state index contributed by atoms with van der Waals surface area (Å²) in [6.45, 7) is 13.5. The average Bonchev–Trinajstić information content (AvgIpc) is 2.38. The number of oxime groups is 1. The molecule has 0 spiro atoms. The van der Waals surface area contributed by atoms with E-state index in [1.807, 2.05) is 18.7 Å². The number of hydrogen-bond donors (Lipinski definition) is 2. The van der Waals surface area contributed by atoms with Crippen LogP contribution in [-0.4, -0.2) is 34.9 Å². The van der Waals surface area contributed by atoms with Gasteiger partial charge in [-0.2, -0.15) is 0 Å². The Bertz CT molecular complexity index is 324. The fraction of sp³-hybridized carbons (Fsp3) is 0.867. The molecule has 0 unspecified atom stereocenters. The molecule has 0 fully saturated rings. The van der Waals surface area contributed by atoms with Gasteiger partial charge in [0.05, 0.1) is 0 Å². The number of rotatable bonds is 8. The van der Waals surface area contributed by atoms with Crippen molar-refractivity contribution in [3.8, 4) is 0 Å². The Morgan fingerprint density at radius 1 is 1.15 bits per heavy atom. The van der Waals surface area contributed by atoms with Crippen LogP contribution in [0.2, 0.25) is 0 Å². The number of amidine groups is 1. The molecule has 0 radical (unpaired) electrons. The van der Waals surface area contributed by atoms with Gasteiger partial charge in [0.1, 0.15) is 5.41 Å². The number of carbonyl (C=O) groups excluding carboxylic acids is 1. The first-order valence-corrected chi connectivity index (χ1v) is 7.52. The lowest BCUT2D eigenvalue weighted by Gasteiger charge is -2.36. The quantitative estimate of drug-likeness (QED) is 0.311. The molecule has 0 rings (SSSR count). The van der Waals surface area contributed by atoms with Gasteiger partial charge in [0, 0.05) is 13.1 Å². The average molecular weight is 285 g/mol. The molecule has 0 saturated heterocycles. The van der Waals surface area contributed by atoms with Crippen molar-refractivity contribution in [2.75, 3.05) is 13.1 Å². The van der Waals surface area contributed by atoms with Crippen LogP contribution in [0.5, 0.6) is 0 Å². The predicted octanol–water partition coefficient (Wildman–Crippen LogP) is 2.68. The second kappa shape index (κ2) is 8.12. The summed E-state index contributed by atoms with van der Waals surface area (Å²) in [6.07, 6.45) is 1.07. The summed E-state index contributed by atoms with van der Waals surface area (Å²) in [5.74, 6) is 0.762. The Morgan fingerprint density at radius 3 is 1.80 bits per heavy atom. The molecular formula is C15H31N3O2. The van der Waals surface area contributed by atoms with E-state index in [-0.39, 0.29) is 11.7 Å². The Labute approximate surface area is 123 Å². The molecule has 1 amide bonds. The number of hydrogen-bond acceptors (Lipinski definition) is 3.